The predicted molar refractivity (Wildman–Crippen MR) is 122 cm³/mol. The van der Waals surface area contributed by atoms with E-state index in [0.29, 0.717) is 30.8 Å². The number of ketones is 1. The number of carbonyl (C=O) groups is 2. The molecule has 5 rings (SSSR count). The maximum Gasteiger partial charge on any atom is 0.456 e. The molecule has 3 aromatic heterocycles. The highest BCUT2D eigenvalue weighted by atomic mass is 19.4. The Hall–Kier alpha value is -3.35. The molecule has 198 valence electrons. The molecule has 1 fully saturated rings. The van der Waals surface area contributed by atoms with Crippen LogP contribution in [-0.4, -0.2) is 61.6 Å². The van der Waals surface area contributed by atoms with Crippen LogP contribution in [0.25, 0.3) is 5.65 Å². The number of likely N-dealkylation sites (tertiary alicyclic amines) is 1. The van der Waals surface area contributed by atoms with E-state index in [0.717, 1.165) is 4.52 Å². The van der Waals surface area contributed by atoms with E-state index in [2.05, 4.69) is 15.4 Å². The molecule has 1 saturated heterocycles. The van der Waals surface area contributed by atoms with Crippen LogP contribution in [0.5, 0.6) is 0 Å². The van der Waals surface area contributed by atoms with Gasteiger partial charge in [0.1, 0.15) is 11.3 Å². The SMILES string of the molecule is Cc1cc(C(F)F)n2ncc(C(=O)N3CCC4(CC3)NCC(C)(C)n3c(C(=O)C(F)(F)F)ccc34)c2n1. The third kappa shape index (κ3) is 3.99. The van der Waals surface area contributed by atoms with E-state index in [1.807, 2.05) is 0 Å². The summed E-state index contributed by atoms with van der Waals surface area (Å²) in [6.07, 6.45) is -5.81. The lowest BCUT2D eigenvalue weighted by atomic mass is 9.80. The average Bonchev–Trinajstić information content (AvgIpc) is 3.46. The van der Waals surface area contributed by atoms with Gasteiger partial charge in [-0.15, -0.1) is 0 Å². The van der Waals surface area contributed by atoms with Gasteiger partial charge in [-0.3, -0.25) is 9.59 Å². The summed E-state index contributed by atoms with van der Waals surface area (Å²) >= 11 is 0. The number of aryl methyl sites for hydroxylation is 1. The third-order valence-corrected chi connectivity index (χ3v) is 7.31. The van der Waals surface area contributed by atoms with E-state index in [1.54, 1.807) is 31.7 Å². The number of fused-ring (bicyclic) bond motifs is 3. The van der Waals surface area contributed by atoms with Gasteiger partial charge >= 0.3 is 6.18 Å². The van der Waals surface area contributed by atoms with Gasteiger partial charge in [0.15, 0.2) is 5.65 Å². The average molecular weight is 524 g/mol. The number of alkyl halides is 5. The van der Waals surface area contributed by atoms with Crippen molar-refractivity contribution in [2.45, 2.75) is 57.3 Å². The van der Waals surface area contributed by atoms with Crippen molar-refractivity contribution in [1.29, 1.82) is 0 Å². The van der Waals surface area contributed by atoms with Gasteiger partial charge in [-0.05, 0) is 51.8 Å². The van der Waals surface area contributed by atoms with E-state index >= 15 is 0 Å². The summed E-state index contributed by atoms with van der Waals surface area (Å²) < 4.78 is 69.2. The molecule has 8 nitrogen and oxygen atoms in total. The Bertz CT molecular complexity index is 1400. The van der Waals surface area contributed by atoms with Crippen molar-refractivity contribution in [3.8, 4) is 0 Å². The highest BCUT2D eigenvalue weighted by molar-refractivity contribution is 6.00. The van der Waals surface area contributed by atoms with Crippen LogP contribution in [0.4, 0.5) is 22.0 Å². The molecule has 0 radical (unpaired) electrons. The van der Waals surface area contributed by atoms with Crippen molar-refractivity contribution in [1.82, 2.24) is 29.4 Å². The number of amides is 1. The number of hydrogen-bond acceptors (Lipinski definition) is 5. The lowest BCUT2D eigenvalue weighted by Gasteiger charge is -2.50. The minimum Gasteiger partial charge on any atom is -0.338 e. The first-order valence-corrected chi connectivity index (χ1v) is 11.8. The first kappa shape index (κ1) is 25.3. The number of Topliss-reactive ketones (excluding diaryl/α,β-unsaturated/α-hetero) is 1. The molecule has 2 aliphatic heterocycles. The Kier molecular flexibility index (Phi) is 5.70. The predicted octanol–water partition coefficient (Wildman–Crippen LogP) is 3.99. The monoisotopic (exact) mass is 524 g/mol. The van der Waals surface area contributed by atoms with Crippen molar-refractivity contribution in [3.63, 3.8) is 0 Å². The molecule has 3 aromatic rings. The highest BCUT2D eigenvalue weighted by Crippen LogP contribution is 2.42. The molecule has 1 spiro atoms. The maximum absolute atomic E-state index is 13.5. The fraction of sp³-hybridized carbons (Fsp3) is 0.500. The molecule has 13 heteroatoms. The normalized spacial score (nSPS) is 19.0. The van der Waals surface area contributed by atoms with Gasteiger partial charge < -0.3 is 14.8 Å². The standard InChI is InChI=1S/C24H25F5N6O2/c1-13-10-16(19(25)26)35-20(32-13)14(11-31-35)21(37)33-8-6-23(7-9-33)17-5-4-15(18(36)24(27,28)29)34(17)22(2,3)12-30-23/h4-5,10-11,19,30H,6-9,12H2,1-3H3. The Balaban J connectivity index is 1.43. The molecule has 0 aromatic carbocycles. The van der Waals surface area contributed by atoms with Crippen LogP contribution in [0, 0.1) is 6.92 Å². The summed E-state index contributed by atoms with van der Waals surface area (Å²) in [5.74, 6) is -2.31. The van der Waals surface area contributed by atoms with Crippen LogP contribution < -0.4 is 5.32 Å². The molecule has 0 unspecified atom stereocenters. The maximum atomic E-state index is 13.5. The van der Waals surface area contributed by atoms with Gasteiger partial charge in [-0.25, -0.2) is 18.3 Å². The van der Waals surface area contributed by atoms with Gasteiger partial charge in [0, 0.05) is 31.0 Å². The second kappa shape index (κ2) is 8.33. The van der Waals surface area contributed by atoms with Gasteiger partial charge in [0.25, 0.3) is 18.1 Å². The minimum absolute atomic E-state index is 0.0438. The first-order chi connectivity index (χ1) is 17.2. The topological polar surface area (TPSA) is 84.5 Å². The van der Waals surface area contributed by atoms with Crippen LogP contribution >= 0.6 is 0 Å². The number of halogens is 5. The smallest absolute Gasteiger partial charge is 0.338 e. The number of nitrogens with one attached hydrogen (secondary N) is 1. The summed E-state index contributed by atoms with van der Waals surface area (Å²) in [6.45, 7) is 5.91. The summed E-state index contributed by atoms with van der Waals surface area (Å²) in [6, 6.07) is 3.98. The van der Waals surface area contributed by atoms with E-state index in [9.17, 15) is 31.5 Å². The summed E-state index contributed by atoms with van der Waals surface area (Å²) in [4.78, 5) is 31.3. The van der Waals surface area contributed by atoms with Gasteiger partial charge in [-0.2, -0.15) is 18.3 Å². The van der Waals surface area contributed by atoms with E-state index < -0.39 is 41.1 Å². The lowest BCUT2D eigenvalue weighted by molar-refractivity contribution is -0.0893. The van der Waals surface area contributed by atoms with Crippen molar-refractivity contribution in [2.75, 3.05) is 19.6 Å². The zero-order chi connectivity index (χ0) is 26.9. The number of nitrogens with zero attached hydrogens (tertiary/aromatic N) is 5. The van der Waals surface area contributed by atoms with Crippen molar-refractivity contribution >= 4 is 17.3 Å². The lowest BCUT2D eigenvalue weighted by Crippen LogP contribution is -2.61. The highest BCUT2D eigenvalue weighted by Gasteiger charge is 2.49. The van der Waals surface area contributed by atoms with Crippen LogP contribution in [-0.2, 0) is 11.1 Å². The van der Waals surface area contributed by atoms with E-state index in [-0.39, 0.29) is 30.0 Å². The van der Waals surface area contributed by atoms with Crippen molar-refractivity contribution < 1.29 is 31.5 Å². The molecule has 37 heavy (non-hydrogen) atoms. The van der Waals surface area contributed by atoms with E-state index in [1.165, 1.54) is 22.9 Å². The molecule has 0 saturated carbocycles. The molecule has 0 aliphatic carbocycles. The van der Waals surface area contributed by atoms with Crippen molar-refractivity contribution in [3.05, 3.63) is 52.7 Å². The summed E-state index contributed by atoms with van der Waals surface area (Å²) in [5.41, 5.74) is -1.24. The number of hydrogen-bond donors (Lipinski definition) is 1. The van der Waals surface area contributed by atoms with Crippen molar-refractivity contribution in [2.24, 2.45) is 0 Å². The fourth-order valence-electron chi connectivity index (χ4n) is 5.45. The van der Waals surface area contributed by atoms with E-state index in [4.69, 9.17) is 0 Å². The molecule has 1 N–H and O–H groups in total. The number of rotatable bonds is 3. The van der Waals surface area contributed by atoms with Crippen LogP contribution in [0.2, 0.25) is 0 Å². The summed E-state index contributed by atoms with van der Waals surface area (Å²) in [5, 5.41) is 7.41. The molecule has 1 amide bonds. The second-order valence-corrected chi connectivity index (χ2v) is 10.2. The van der Waals surface area contributed by atoms with Crippen LogP contribution in [0.3, 0.4) is 0 Å². The zero-order valence-corrected chi connectivity index (χ0v) is 20.4. The number of piperidine rings is 1. The largest absolute Gasteiger partial charge is 0.456 e. The molecular formula is C24H25F5N6O2. The third-order valence-electron chi connectivity index (χ3n) is 7.31. The number of carbonyl (C=O) groups excluding carboxylic acids is 2. The quantitative estimate of drug-likeness (QED) is 0.414. The Morgan fingerprint density at radius 1 is 1.14 bits per heavy atom. The second-order valence-electron chi connectivity index (χ2n) is 10.2. The molecule has 0 bridgehead atoms. The molecule has 0 atom stereocenters. The van der Waals surface area contributed by atoms with Crippen LogP contribution in [0.1, 0.15) is 71.0 Å². The van der Waals surface area contributed by atoms with Gasteiger partial charge in [-0.1, -0.05) is 0 Å². The first-order valence-electron chi connectivity index (χ1n) is 11.8. The Labute approximate surface area is 208 Å². The molecular weight excluding hydrogens is 499 g/mol. The van der Waals surface area contributed by atoms with Gasteiger partial charge in [0.05, 0.1) is 23.0 Å². The molecule has 2 aliphatic rings. The summed E-state index contributed by atoms with van der Waals surface area (Å²) in [7, 11) is 0. The molecule has 5 heterocycles. The van der Waals surface area contributed by atoms with Crippen LogP contribution in [0.15, 0.2) is 24.4 Å². The minimum atomic E-state index is -5.00. The Morgan fingerprint density at radius 2 is 1.81 bits per heavy atom. The number of aromatic nitrogens is 4. The Morgan fingerprint density at radius 3 is 2.43 bits per heavy atom. The zero-order valence-electron chi connectivity index (χ0n) is 20.4. The fourth-order valence-corrected chi connectivity index (χ4v) is 5.45. The van der Waals surface area contributed by atoms with Gasteiger partial charge in [0.2, 0.25) is 0 Å².